The molecule has 0 aliphatic rings. The zero-order valence-corrected chi connectivity index (χ0v) is 11.4. The maximum atomic E-state index is 11.6. The number of aliphatic carboxylic acids is 1. The lowest BCUT2D eigenvalue weighted by Crippen LogP contribution is -2.12. The van der Waals surface area contributed by atoms with Gasteiger partial charge in [-0.15, -0.1) is 0 Å². The Balaban J connectivity index is 3.06. The van der Waals surface area contributed by atoms with E-state index in [0.717, 1.165) is 34.6 Å². The van der Waals surface area contributed by atoms with E-state index in [0.29, 0.717) is 5.69 Å². The van der Waals surface area contributed by atoms with Crippen LogP contribution in [0.2, 0.25) is 0 Å². The lowest BCUT2D eigenvalue weighted by Gasteiger charge is -2.16. The number of rotatable bonds is 4. The highest BCUT2D eigenvalue weighted by atomic mass is 16.5. The molecule has 0 heterocycles. The van der Waals surface area contributed by atoms with Crippen LogP contribution in [0.5, 0.6) is 5.75 Å². The number of carbonyl (C=O) groups excluding carboxylic acids is 1. The molecule has 5 heteroatoms. The van der Waals surface area contributed by atoms with Gasteiger partial charge >= 0.3 is 5.97 Å². The first-order valence-electron chi connectivity index (χ1n) is 5.73. The van der Waals surface area contributed by atoms with E-state index in [1.807, 2.05) is 26.8 Å². The molecule has 102 valence electrons. The maximum Gasteiger partial charge on any atom is 0.328 e. The van der Waals surface area contributed by atoms with Crippen LogP contribution < -0.4 is 10.1 Å². The van der Waals surface area contributed by atoms with Crippen LogP contribution in [0.15, 0.2) is 18.2 Å². The van der Waals surface area contributed by atoms with Gasteiger partial charge in [0.25, 0.3) is 0 Å². The predicted molar refractivity (Wildman–Crippen MR) is 72.6 cm³/mol. The normalized spacial score (nSPS) is 10.5. The highest BCUT2D eigenvalue weighted by molar-refractivity contribution is 6.03. The van der Waals surface area contributed by atoms with Gasteiger partial charge < -0.3 is 15.2 Å². The van der Waals surface area contributed by atoms with Crippen LogP contribution >= 0.6 is 0 Å². The van der Waals surface area contributed by atoms with Gasteiger partial charge in [0.15, 0.2) is 0 Å². The van der Waals surface area contributed by atoms with Crippen molar-refractivity contribution < 1.29 is 19.4 Å². The summed E-state index contributed by atoms with van der Waals surface area (Å²) in [4.78, 5) is 21.9. The fourth-order valence-corrected chi connectivity index (χ4v) is 1.76. The summed E-state index contributed by atoms with van der Waals surface area (Å²) in [5.74, 6) is -0.873. The van der Waals surface area contributed by atoms with Crippen molar-refractivity contribution in [2.45, 2.75) is 20.8 Å². The van der Waals surface area contributed by atoms with Crippen molar-refractivity contribution in [1.82, 2.24) is 0 Å². The zero-order chi connectivity index (χ0) is 14.6. The van der Waals surface area contributed by atoms with E-state index < -0.39 is 11.9 Å². The van der Waals surface area contributed by atoms with E-state index in [-0.39, 0.29) is 0 Å². The molecular formula is C14H17NO4. The molecule has 19 heavy (non-hydrogen) atoms. The second-order valence-electron chi connectivity index (χ2n) is 4.18. The molecule has 0 aliphatic heterocycles. The molecular weight excluding hydrogens is 246 g/mol. The monoisotopic (exact) mass is 263 g/mol. The number of benzene rings is 1. The van der Waals surface area contributed by atoms with Gasteiger partial charge in [0.1, 0.15) is 5.75 Å². The molecule has 0 bridgehead atoms. The number of amides is 1. The molecule has 0 saturated carbocycles. The molecule has 0 unspecified atom stereocenters. The standard InChI is InChI=1S/C14H17NO4/c1-8-7-11(19-4)9(2)10(3)14(8)15-12(16)5-6-13(17)18/h5-7H,1-4H3,(H,15,16)(H,17,18)/b6-5+. The van der Waals surface area contributed by atoms with Crippen LogP contribution in [-0.2, 0) is 9.59 Å². The molecule has 0 radical (unpaired) electrons. The Kier molecular flexibility index (Phi) is 4.69. The van der Waals surface area contributed by atoms with Gasteiger partial charge in [0.2, 0.25) is 5.91 Å². The van der Waals surface area contributed by atoms with Crippen molar-refractivity contribution in [3.8, 4) is 5.75 Å². The quantitative estimate of drug-likeness (QED) is 0.816. The van der Waals surface area contributed by atoms with Crippen molar-refractivity contribution in [1.29, 1.82) is 0 Å². The minimum atomic E-state index is -1.16. The van der Waals surface area contributed by atoms with Crippen molar-refractivity contribution in [3.63, 3.8) is 0 Å². The highest BCUT2D eigenvalue weighted by Gasteiger charge is 2.12. The van der Waals surface area contributed by atoms with Gasteiger partial charge in [-0.2, -0.15) is 0 Å². The summed E-state index contributed by atoms with van der Waals surface area (Å²) in [5, 5.41) is 11.1. The summed E-state index contributed by atoms with van der Waals surface area (Å²) < 4.78 is 5.24. The van der Waals surface area contributed by atoms with Crippen LogP contribution in [-0.4, -0.2) is 24.1 Å². The minimum Gasteiger partial charge on any atom is -0.496 e. The van der Waals surface area contributed by atoms with E-state index in [1.165, 1.54) is 0 Å². The van der Waals surface area contributed by atoms with E-state index in [4.69, 9.17) is 9.84 Å². The van der Waals surface area contributed by atoms with E-state index in [2.05, 4.69) is 5.32 Å². The second-order valence-corrected chi connectivity index (χ2v) is 4.18. The molecule has 0 saturated heterocycles. The first kappa shape index (κ1) is 14.8. The third kappa shape index (κ3) is 3.58. The van der Waals surface area contributed by atoms with Gasteiger partial charge in [0.05, 0.1) is 7.11 Å². The van der Waals surface area contributed by atoms with Gasteiger partial charge in [-0.3, -0.25) is 4.79 Å². The number of methoxy groups -OCH3 is 1. The Morgan fingerprint density at radius 1 is 1.21 bits per heavy atom. The molecule has 1 amide bonds. The molecule has 0 atom stereocenters. The molecule has 1 rings (SSSR count). The van der Waals surface area contributed by atoms with Gasteiger partial charge in [0, 0.05) is 17.8 Å². The fraction of sp³-hybridized carbons (Fsp3) is 0.286. The van der Waals surface area contributed by atoms with E-state index in [9.17, 15) is 9.59 Å². The summed E-state index contributed by atoms with van der Waals surface area (Å²) in [5.41, 5.74) is 3.37. The Labute approximate surface area is 111 Å². The summed E-state index contributed by atoms with van der Waals surface area (Å²) in [7, 11) is 1.59. The Hall–Kier alpha value is -2.30. The molecule has 1 aromatic carbocycles. The van der Waals surface area contributed by atoms with Crippen molar-refractivity contribution in [2.75, 3.05) is 12.4 Å². The molecule has 5 nitrogen and oxygen atoms in total. The zero-order valence-electron chi connectivity index (χ0n) is 11.4. The van der Waals surface area contributed by atoms with Crippen LogP contribution in [0.4, 0.5) is 5.69 Å². The van der Waals surface area contributed by atoms with E-state index in [1.54, 1.807) is 7.11 Å². The largest absolute Gasteiger partial charge is 0.496 e. The molecule has 0 aliphatic carbocycles. The smallest absolute Gasteiger partial charge is 0.328 e. The molecule has 0 aromatic heterocycles. The molecule has 0 spiro atoms. The fourth-order valence-electron chi connectivity index (χ4n) is 1.76. The molecule has 2 N–H and O–H groups in total. The number of aryl methyl sites for hydroxylation is 1. The Morgan fingerprint density at radius 2 is 1.84 bits per heavy atom. The Bertz CT molecular complexity index is 547. The van der Waals surface area contributed by atoms with Crippen molar-refractivity contribution in [3.05, 3.63) is 34.9 Å². The van der Waals surface area contributed by atoms with Crippen molar-refractivity contribution >= 4 is 17.6 Å². The van der Waals surface area contributed by atoms with Crippen molar-refractivity contribution in [2.24, 2.45) is 0 Å². The number of carbonyl (C=O) groups is 2. The predicted octanol–water partition coefficient (Wildman–Crippen LogP) is 2.20. The molecule has 0 fully saturated rings. The highest BCUT2D eigenvalue weighted by Crippen LogP contribution is 2.31. The lowest BCUT2D eigenvalue weighted by molar-refractivity contribution is -0.131. The summed E-state index contributed by atoms with van der Waals surface area (Å²) in [6.07, 6.45) is 1.79. The summed E-state index contributed by atoms with van der Waals surface area (Å²) in [6, 6.07) is 1.83. The number of anilines is 1. The maximum absolute atomic E-state index is 11.6. The average molecular weight is 263 g/mol. The lowest BCUT2D eigenvalue weighted by atomic mass is 10.0. The third-order valence-electron chi connectivity index (χ3n) is 2.89. The number of ether oxygens (including phenoxy) is 1. The van der Waals surface area contributed by atoms with Gasteiger partial charge in [-0.1, -0.05) is 0 Å². The SMILES string of the molecule is COc1cc(C)c(NC(=O)/C=C/C(=O)O)c(C)c1C. The number of hydrogen-bond donors (Lipinski definition) is 2. The topological polar surface area (TPSA) is 75.6 Å². The summed E-state index contributed by atoms with van der Waals surface area (Å²) in [6.45, 7) is 5.63. The van der Waals surface area contributed by atoms with Crippen LogP contribution in [0.25, 0.3) is 0 Å². The van der Waals surface area contributed by atoms with Crippen LogP contribution in [0.1, 0.15) is 16.7 Å². The van der Waals surface area contributed by atoms with Crippen LogP contribution in [0, 0.1) is 20.8 Å². The number of hydrogen-bond acceptors (Lipinski definition) is 3. The number of carboxylic acids is 1. The van der Waals surface area contributed by atoms with Gasteiger partial charge in [-0.05, 0) is 43.5 Å². The number of carboxylic acid groups (broad SMARTS) is 1. The average Bonchev–Trinajstić information content (AvgIpc) is 2.36. The van der Waals surface area contributed by atoms with Crippen LogP contribution in [0.3, 0.4) is 0 Å². The second kappa shape index (κ2) is 6.04. The van der Waals surface area contributed by atoms with Gasteiger partial charge in [-0.25, -0.2) is 4.79 Å². The van der Waals surface area contributed by atoms with E-state index >= 15 is 0 Å². The Morgan fingerprint density at radius 3 is 2.37 bits per heavy atom. The first-order chi connectivity index (χ1) is 8.86. The molecule has 1 aromatic rings. The minimum absolute atomic E-state index is 0.474. The number of nitrogens with one attached hydrogen (secondary N) is 1. The third-order valence-corrected chi connectivity index (χ3v) is 2.89. The first-order valence-corrected chi connectivity index (χ1v) is 5.73. The summed E-state index contributed by atoms with van der Waals surface area (Å²) >= 11 is 0.